The highest BCUT2D eigenvalue weighted by atomic mass is 127. The van der Waals surface area contributed by atoms with Crippen LogP contribution in [-0.4, -0.2) is 18.0 Å². The molecule has 2 heterocycles. The molecule has 2 N–H and O–H groups in total. The smallest absolute Gasteiger partial charge is 0.191 e. The Hall–Kier alpha value is -0.670. The van der Waals surface area contributed by atoms with Crippen LogP contribution in [0.4, 0.5) is 0 Å². The van der Waals surface area contributed by atoms with E-state index in [0.29, 0.717) is 6.54 Å². The minimum atomic E-state index is 0. The molecule has 0 aromatic carbocycles. The van der Waals surface area contributed by atoms with Crippen LogP contribution >= 0.6 is 46.7 Å². The SMILES string of the molecule is CN=C(NCc1cccs1)NCc1nccs1.I. The predicted octanol–water partition coefficient (Wildman–Crippen LogP) is 2.69. The quantitative estimate of drug-likeness (QED) is 0.476. The number of aliphatic imine (C=N–C) groups is 1. The number of thiophene rings is 1. The van der Waals surface area contributed by atoms with Gasteiger partial charge < -0.3 is 10.6 Å². The molecule has 2 aromatic heterocycles. The molecule has 0 fully saturated rings. The zero-order chi connectivity index (χ0) is 11.9. The lowest BCUT2D eigenvalue weighted by molar-refractivity contribution is 0.811. The first-order chi connectivity index (χ1) is 8.38. The average molecular weight is 394 g/mol. The largest absolute Gasteiger partial charge is 0.352 e. The van der Waals surface area contributed by atoms with Crippen molar-refractivity contribution in [3.63, 3.8) is 0 Å². The Labute approximate surface area is 132 Å². The summed E-state index contributed by atoms with van der Waals surface area (Å²) in [6.07, 6.45) is 1.81. The number of hydrogen-bond donors (Lipinski definition) is 2. The molecule has 0 aliphatic rings. The Morgan fingerprint density at radius 3 is 2.72 bits per heavy atom. The summed E-state index contributed by atoms with van der Waals surface area (Å²) in [6, 6.07) is 4.15. The Balaban J connectivity index is 0.00000162. The highest BCUT2D eigenvalue weighted by Crippen LogP contribution is 2.07. The molecule has 2 aromatic rings. The van der Waals surface area contributed by atoms with Crippen molar-refractivity contribution in [1.82, 2.24) is 15.6 Å². The summed E-state index contributed by atoms with van der Waals surface area (Å²) in [7, 11) is 1.77. The maximum Gasteiger partial charge on any atom is 0.191 e. The van der Waals surface area contributed by atoms with Crippen LogP contribution in [-0.2, 0) is 13.1 Å². The molecule has 4 nitrogen and oxygen atoms in total. The maximum absolute atomic E-state index is 4.21. The Bertz CT molecular complexity index is 413. The Morgan fingerprint density at radius 2 is 2.11 bits per heavy atom. The molecule has 2 rings (SSSR count). The molecule has 0 unspecified atom stereocenters. The number of aromatic nitrogens is 1. The Kier molecular flexibility index (Phi) is 7.21. The van der Waals surface area contributed by atoms with Crippen molar-refractivity contribution >= 4 is 52.6 Å². The molecule has 0 aliphatic carbocycles. The van der Waals surface area contributed by atoms with Gasteiger partial charge in [-0.2, -0.15) is 0 Å². The van der Waals surface area contributed by atoms with E-state index >= 15 is 0 Å². The molecule has 0 saturated heterocycles. The van der Waals surface area contributed by atoms with Crippen LogP contribution < -0.4 is 10.6 Å². The average Bonchev–Trinajstić information content (AvgIpc) is 3.02. The molecule has 18 heavy (non-hydrogen) atoms. The van der Waals surface area contributed by atoms with Gasteiger partial charge in [-0.15, -0.1) is 46.7 Å². The molecule has 0 atom stereocenters. The summed E-state index contributed by atoms with van der Waals surface area (Å²) in [5.41, 5.74) is 0. The lowest BCUT2D eigenvalue weighted by atomic mass is 10.5. The molecule has 0 saturated carbocycles. The van der Waals surface area contributed by atoms with Gasteiger partial charge in [-0.3, -0.25) is 4.99 Å². The van der Waals surface area contributed by atoms with Gasteiger partial charge >= 0.3 is 0 Å². The van der Waals surface area contributed by atoms with Gasteiger partial charge in [0.15, 0.2) is 5.96 Å². The topological polar surface area (TPSA) is 49.3 Å². The van der Waals surface area contributed by atoms with E-state index in [2.05, 4.69) is 32.1 Å². The summed E-state index contributed by atoms with van der Waals surface area (Å²) in [6.45, 7) is 1.51. The predicted molar refractivity (Wildman–Crippen MR) is 88.9 cm³/mol. The molecule has 0 amide bonds. The second-order valence-corrected chi connectivity index (χ2v) is 5.30. The van der Waals surface area contributed by atoms with Gasteiger partial charge in [0.2, 0.25) is 0 Å². The number of thiazole rings is 1. The fourth-order valence-electron chi connectivity index (χ4n) is 1.30. The molecule has 0 aliphatic heterocycles. The molecule has 0 radical (unpaired) electrons. The van der Waals surface area contributed by atoms with E-state index in [-0.39, 0.29) is 24.0 Å². The zero-order valence-corrected chi connectivity index (χ0v) is 13.9. The van der Waals surface area contributed by atoms with Crippen LogP contribution in [0.3, 0.4) is 0 Å². The summed E-state index contributed by atoms with van der Waals surface area (Å²) < 4.78 is 0. The first-order valence-electron chi connectivity index (χ1n) is 5.24. The second kappa shape index (κ2) is 8.44. The van der Waals surface area contributed by atoms with Crippen LogP contribution in [0.5, 0.6) is 0 Å². The minimum absolute atomic E-state index is 0. The summed E-state index contributed by atoms with van der Waals surface area (Å²) in [5, 5.41) is 11.6. The van der Waals surface area contributed by atoms with Crippen molar-refractivity contribution in [3.8, 4) is 0 Å². The molecule has 98 valence electrons. The fraction of sp³-hybridized carbons (Fsp3) is 0.273. The highest BCUT2D eigenvalue weighted by Gasteiger charge is 2.00. The van der Waals surface area contributed by atoms with Gasteiger partial charge in [-0.05, 0) is 11.4 Å². The first-order valence-corrected chi connectivity index (χ1v) is 6.99. The van der Waals surface area contributed by atoms with E-state index in [1.807, 2.05) is 17.6 Å². The lowest BCUT2D eigenvalue weighted by Crippen LogP contribution is -2.36. The lowest BCUT2D eigenvalue weighted by Gasteiger charge is -2.09. The van der Waals surface area contributed by atoms with Crippen LogP contribution in [0.1, 0.15) is 9.88 Å². The van der Waals surface area contributed by atoms with Crippen molar-refractivity contribution < 1.29 is 0 Å². The highest BCUT2D eigenvalue weighted by molar-refractivity contribution is 14.0. The molecule has 0 spiro atoms. The first kappa shape index (κ1) is 15.4. The van der Waals surface area contributed by atoms with Crippen LogP contribution in [0.15, 0.2) is 34.1 Å². The van der Waals surface area contributed by atoms with Crippen LogP contribution in [0, 0.1) is 0 Å². The third-order valence-corrected chi connectivity index (χ3v) is 3.78. The van der Waals surface area contributed by atoms with Gasteiger partial charge in [0.1, 0.15) is 5.01 Å². The number of halogens is 1. The van der Waals surface area contributed by atoms with Gasteiger partial charge in [-0.1, -0.05) is 6.07 Å². The van der Waals surface area contributed by atoms with Crippen LogP contribution in [0.25, 0.3) is 0 Å². The van der Waals surface area contributed by atoms with Gasteiger partial charge in [-0.25, -0.2) is 4.98 Å². The fourth-order valence-corrected chi connectivity index (χ4v) is 2.50. The number of rotatable bonds is 4. The van der Waals surface area contributed by atoms with E-state index in [1.165, 1.54) is 4.88 Å². The number of nitrogens with one attached hydrogen (secondary N) is 2. The second-order valence-electron chi connectivity index (χ2n) is 3.28. The minimum Gasteiger partial charge on any atom is -0.352 e. The Morgan fingerprint density at radius 1 is 1.28 bits per heavy atom. The van der Waals surface area contributed by atoms with Gasteiger partial charge in [0, 0.05) is 23.5 Å². The number of hydrogen-bond acceptors (Lipinski definition) is 4. The molecular formula is C11H15IN4S2. The zero-order valence-electron chi connectivity index (χ0n) is 9.92. The molecule has 7 heteroatoms. The van der Waals surface area contributed by atoms with E-state index in [0.717, 1.165) is 17.5 Å². The number of nitrogens with zero attached hydrogens (tertiary/aromatic N) is 2. The molecular weight excluding hydrogens is 379 g/mol. The van der Waals surface area contributed by atoms with Crippen molar-refractivity contribution in [2.24, 2.45) is 4.99 Å². The van der Waals surface area contributed by atoms with Crippen molar-refractivity contribution in [2.45, 2.75) is 13.1 Å². The van der Waals surface area contributed by atoms with Crippen molar-refractivity contribution in [3.05, 3.63) is 39.0 Å². The normalized spacial score (nSPS) is 10.8. The van der Waals surface area contributed by atoms with Crippen LogP contribution in [0.2, 0.25) is 0 Å². The van der Waals surface area contributed by atoms with E-state index in [4.69, 9.17) is 0 Å². The molecule has 0 bridgehead atoms. The van der Waals surface area contributed by atoms with E-state index in [1.54, 1.807) is 29.7 Å². The standard InChI is InChI=1S/C11H14N4S2.HI/c1-12-11(14-7-9-3-2-5-16-9)15-8-10-13-4-6-17-10;/h2-6H,7-8H2,1H3,(H2,12,14,15);1H. The summed E-state index contributed by atoms with van der Waals surface area (Å²) >= 11 is 3.37. The summed E-state index contributed by atoms with van der Waals surface area (Å²) in [5.74, 6) is 0.800. The van der Waals surface area contributed by atoms with E-state index < -0.39 is 0 Å². The third kappa shape index (κ3) is 4.91. The van der Waals surface area contributed by atoms with Crippen molar-refractivity contribution in [1.29, 1.82) is 0 Å². The monoisotopic (exact) mass is 394 g/mol. The third-order valence-electron chi connectivity index (χ3n) is 2.12. The maximum atomic E-state index is 4.21. The van der Waals surface area contributed by atoms with Gasteiger partial charge in [0.25, 0.3) is 0 Å². The number of guanidine groups is 1. The summed E-state index contributed by atoms with van der Waals surface area (Å²) in [4.78, 5) is 9.66. The van der Waals surface area contributed by atoms with Gasteiger partial charge in [0.05, 0.1) is 13.1 Å². The van der Waals surface area contributed by atoms with Crippen molar-refractivity contribution in [2.75, 3.05) is 7.05 Å². The van der Waals surface area contributed by atoms with E-state index in [9.17, 15) is 0 Å².